The van der Waals surface area contributed by atoms with Gasteiger partial charge in [-0.1, -0.05) is 18.2 Å². The van der Waals surface area contributed by atoms with E-state index in [-0.39, 0.29) is 16.1 Å². The number of hydrogen-bond donors (Lipinski definition) is 2. The number of likely N-dealkylation sites (N-methyl/N-ethyl adjacent to an activating group) is 1. The second-order valence-electron chi connectivity index (χ2n) is 6.00. The molecule has 9 heteroatoms. The predicted molar refractivity (Wildman–Crippen MR) is 102 cm³/mol. The van der Waals surface area contributed by atoms with Crippen molar-refractivity contribution in [1.29, 1.82) is 0 Å². The molecular weight excluding hydrogens is 387 g/mol. The minimum absolute atomic E-state index is 0.00689. The van der Waals surface area contributed by atoms with Crippen molar-refractivity contribution >= 4 is 27.6 Å². The van der Waals surface area contributed by atoms with Crippen LogP contribution >= 0.6 is 0 Å². The van der Waals surface area contributed by atoms with Gasteiger partial charge in [0.25, 0.3) is 15.9 Å². The number of para-hydroxylation sites is 1. The van der Waals surface area contributed by atoms with Crippen molar-refractivity contribution in [1.82, 2.24) is 5.32 Å². The van der Waals surface area contributed by atoms with Crippen LogP contribution in [0.4, 0.5) is 10.1 Å². The van der Waals surface area contributed by atoms with Gasteiger partial charge in [0.15, 0.2) is 6.10 Å². The molecule has 0 heterocycles. The molecule has 0 unspecified atom stereocenters. The maximum absolute atomic E-state index is 13.8. The summed E-state index contributed by atoms with van der Waals surface area (Å²) in [7, 11) is -4.14. The molecule has 1 amide bonds. The van der Waals surface area contributed by atoms with Crippen LogP contribution in [0.2, 0.25) is 0 Å². The fourth-order valence-electron chi connectivity index (χ4n) is 2.33. The number of aryl methyl sites for hydroxylation is 1. The van der Waals surface area contributed by atoms with Crippen LogP contribution in [-0.4, -0.2) is 32.9 Å². The van der Waals surface area contributed by atoms with Gasteiger partial charge in [-0.2, -0.15) is 0 Å². The van der Waals surface area contributed by atoms with E-state index < -0.39 is 33.8 Å². The summed E-state index contributed by atoms with van der Waals surface area (Å²) < 4.78 is 46.1. The lowest BCUT2D eigenvalue weighted by molar-refractivity contribution is -0.128. The highest BCUT2D eigenvalue weighted by Gasteiger charge is 2.23. The zero-order valence-corrected chi connectivity index (χ0v) is 16.5. The number of sulfonamides is 1. The lowest BCUT2D eigenvalue weighted by Gasteiger charge is -2.15. The smallest absolute Gasteiger partial charge is 0.339 e. The predicted octanol–water partition coefficient (Wildman–Crippen LogP) is 2.62. The molecule has 0 radical (unpaired) electrons. The van der Waals surface area contributed by atoms with Crippen LogP contribution < -0.4 is 10.0 Å². The lowest BCUT2D eigenvalue weighted by Crippen LogP contribution is -2.35. The number of carbonyl (C=O) groups excluding carboxylic acids is 2. The number of benzene rings is 2. The summed E-state index contributed by atoms with van der Waals surface area (Å²) in [6.45, 7) is 5.13. The third-order valence-corrected chi connectivity index (χ3v) is 5.22. The molecule has 0 aromatic heterocycles. The van der Waals surface area contributed by atoms with Crippen molar-refractivity contribution in [2.24, 2.45) is 0 Å². The van der Waals surface area contributed by atoms with Gasteiger partial charge in [-0.3, -0.25) is 9.52 Å². The number of amides is 1. The summed E-state index contributed by atoms with van der Waals surface area (Å²) in [5, 5.41) is 2.53. The molecule has 0 saturated heterocycles. The molecule has 0 aliphatic rings. The van der Waals surface area contributed by atoms with Gasteiger partial charge in [0, 0.05) is 6.54 Å². The highest BCUT2D eigenvalue weighted by atomic mass is 32.2. The van der Waals surface area contributed by atoms with Crippen LogP contribution in [0.15, 0.2) is 47.4 Å². The molecule has 1 atom stereocenters. The van der Waals surface area contributed by atoms with Crippen molar-refractivity contribution in [3.8, 4) is 0 Å². The summed E-state index contributed by atoms with van der Waals surface area (Å²) >= 11 is 0. The van der Waals surface area contributed by atoms with E-state index in [0.29, 0.717) is 12.1 Å². The first-order valence-corrected chi connectivity index (χ1v) is 10.0. The Bertz CT molecular complexity index is 992. The second kappa shape index (κ2) is 8.83. The molecule has 2 aromatic rings. The van der Waals surface area contributed by atoms with Crippen LogP contribution in [0.3, 0.4) is 0 Å². The first kappa shape index (κ1) is 21.4. The molecule has 0 fully saturated rings. The van der Waals surface area contributed by atoms with Gasteiger partial charge in [-0.25, -0.2) is 17.6 Å². The summed E-state index contributed by atoms with van der Waals surface area (Å²) in [5.41, 5.74) is 0.252. The minimum atomic E-state index is -4.14. The number of hydrogen-bond acceptors (Lipinski definition) is 5. The van der Waals surface area contributed by atoms with Crippen LogP contribution in [0, 0.1) is 12.7 Å². The molecule has 0 aliphatic carbocycles. The molecular formula is C19H21FN2O5S. The zero-order chi connectivity index (χ0) is 20.9. The molecule has 0 spiro atoms. The largest absolute Gasteiger partial charge is 0.449 e. The summed E-state index contributed by atoms with van der Waals surface area (Å²) in [5.74, 6) is -2.02. The Morgan fingerprint density at radius 1 is 1.18 bits per heavy atom. The van der Waals surface area contributed by atoms with Gasteiger partial charge in [-0.05, 0) is 50.6 Å². The highest BCUT2D eigenvalue weighted by Crippen LogP contribution is 2.21. The van der Waals surface area contributed by atoms with E-state index in [2.05, 4.69) is 10.0 Å². The molecule has 2 rings (SSSR count). The molecule has 0 saturated carbocycles. The van der Waals surface area contributed by atoms with Crippen LogP contribution in [0.1, 0.15) is 29.8 Å². The lowest BCUT2D eigenvalue weighted by atomic mass is 10.1. The van der Waals surface area contributed by atoms with E-state index in [1.165, 1.54) is 37.3 Å². The molecule has 0 bridgehead atoms. The third kappa shape index (κ3) is 5.07. The number of ether oxygens (including phenoxy) is 1. The second-order valence-corrected chi connectivity index (χ2v) is 7.69. The maximum atomic E-state index is 13.8. The van der Waals surface area contributed by atoms with Crippen LogP contribution in [-0.2, 0) is 19.6 Å². The summed E-state index contributed by atoms with van der Waals surface area (Å²) in [6, 6.07) is 9.18. The molecule has 2 aromatic carbocycles. The number of rotatable bonds is 7. The average Bonchev–Trinajstić information content (AvgIpc) is 2.63. The van der Waals surface area contributed by atoms with Gasteiger partial charge in [-0.15, -0.1) is 0 Å². The Kier molecular flexibility index (Phi) is 6.74. The van der Waals surface area contributed by atoms with Crippen molar-refractivity contribution in [2.45, 2.75) is 31.8 Å². The van der Waals surface area contributed by atoms with Gasteiger partial charge in [0.2, 0.25) is 0 Å². The van der Waals surface area contributed by atoms with E-state index in [0.717, 1.165) is 12.1 Å². The van der Waals surface area contributed by atoms with Gasteiger partial charge < -0.3 is 10.1 Å². The standard InChI is InChI=1S/C19H21FN2O5S/c1-4-21-18(23)13(3)27-19(24)15-11-14(10-9-12(15)2)28(25,26)22-17-8-6-5-7-16(17)20/h5-11,13,22H,4H2,1-3H3,(H,21,23)/t13-/m1/s1. The zero-order valence-electron chi connectivity index (χ0n) is 15.7. The minimum Gasteiger partial charge on any atom is -0.449 e. The summed E-state index contributed by atoms with van der Waals surface area (Å²) in [6.07, 6.45) is -1.04. The number of anilines is 1. The molecule has 0 aliphatic heterocycles. The monoisotopic (exact) mass is 408 g/mol. The first-order chi connectivity index (χ1) is 13.2. The van der Waals surface area contributed by atoms with Crippen molar-refractivity contribution in [2.75, 3.05) is 11.3 Å². The quantitative estimate of drug-likeness (QED) is 0.686. The van der Waals surface area contributed by atoms with Gasteiger partial charge >= 0.3 is 5.97 Å². The maximum Gasteiger partial charge on any atom is 0.339 e. The van der Waals surface area contributed by atoms with Crippen LogP contribution in [0.25, 0.3) is 0 Å². The molecule has 150 valence electrons. The van der Waals surface area contributed by atoms with Crippen molar-refractivity contribution in [3.05, 3.63) is 59.4 Å². The van der Waals surface area contributed by atoms with E-state index in [1.807, 2.05) is 0 Å². The van der Waals surface area contributed by atoms with E-state index in [4.69, 9.17) is 4.74 Å². The number of esters is 1. The van der Waals surface area contributed by atoms with Crippen LogP contribution in [0.5, 0.6) is 0 Å². The highest BCUT2D eigenvalue weighted by molar-refractivity contribution is 7.92. The molecule has 2 N–H and O–H groups in total. The number of nitrogens with one attached hydrogen (secondary N) is 2. The van der Waals surface area contributed by atoms with E-state index in [9.17, 15) is 22.4 Å². The Labute approximate surface area is 163 Å². The average molecular weight is 408 g/mol. The molecule has 7 nitrogen and oxygen atoms in total. The Morgan fingerprint density at radius 2 is 1.86 bits per heavy atom. The topological polar surface area (TPSA) is 102 Å². The Balaban J connectivity index is 2.28. The van der Waals surface area contributed by atoms with E-state index in [1.54, 1.807) is 13.8 Å². The fourth-order valence-corrected chi connectivity index (χ4v) is 3.42. The normalized spacial score (nSPS) is 12.1. The van der Waals surface area contributed by atoms with Gasteiger partial charge in [0.1, 0.15) is 5.82 Å². The van der Waals surface area contributed by atoms with E-state index >= 15 is 0 Å². The number of halogens is 1. The third-order valence-electron chi connectivity index (χ3n) is 3.86. The van der Waals surface area contributed by atoms with Crippen molar-refractivity contribution < 1.29 is 27.1 Å². The fraction of sp³-hybridized carbons (Fsp3) is 0.263. The molecule has 28 heavy (non-hydrogen) atoms. The van der Waals surface area contributed by atoms with Gasteiger partial charge in [0.05, 0.1) is 16.1 Å². The SMILES string of the molecule is CCNC(=O)[C@@H](C)OC(=O)c1cc(S(=O)(=O)Nc2ccccc2F)ccc1C. The number of carbonyl (C=O) groups is 2. The first-order valence-electron chi connectivity index (χ1n) is 8.52. The Morgan fingerprint density at radius 3 is 2.50 bits per heavy atom. The van der Waals surface area contributed by atoms with Crippen molar-refractivity contribution in [3.63, 3.8) is 0 Å². The Hall–Kier alpha value is -2.94. The summed E-state index contributed by atoms with van der Waals surface area (Å²) in [4.78, 5) is 23.9.